The van der Waals surface area contributed by atoms with E-state index in [1.165, 1.54) is 17.0 Å². The van der Waals surface area contributed by atoms with Gasteiger partial charge < -0.3 is 9.47 Å². The molecule has 0 saturated carbocycles. The molecule has 1 aromatic carbocycles. The predicted octanol–water partition coefficient (Wildman–Crippen LogP) is 1.69. The molecule has 0 radical (unpaired) electrons. The molecule has 0 atom stereocenters. The summed E-state index contributed by atoms with van der Waals surface area (Å²) >= 11 is 0. The summed E-state index contributed by atoms with van der Waals surface area (Å²) in [5.41, 5.74) is 3.87. The van der Waals surface area contributed by atoms with Crippen molar-refractivity contribution in [1.29, 1.82) is 0 Å². The smallest absolute Gasteiger partial charge is 0.274 e. The van der Waals surface area contributed by atoms with Crippen LogP contribution >= 0.6 is 0 Å². The van der Waals surface area contributed by atoms with E-state index in [4.69, 9.17) is 0 Å². The van der Waals surface area contributed by atoms with E-state index in [1.54, 1.807) is 12.1 Å². The van der Waals surface area contributed by atoms with Crippen molar-refractivity contribution in [1.82, 2.24) is 4.57 Å². The summed E-state index contributed by atoms with van der Waals surface area (Å²) in [5, 5.41) is 0. The summed E-state index contributed by atoms with van der Waals surface area (Å²) in [7, 11) is 0. The zero-order valence-electron chi connectivity index (χ0n) is 17.6. The number of hydrogen-bond donors (Lipinski definition) is 1. The summed E-state index contributed by atoms with van der Waals surface area (Å²) in [6.45, 7) is 8.96. The molecule has 0 spiro atoms. The van der Waals surface area contributed by atoms with E-state index in [0.29, 0.717) is 13.1 Å². The maximum atomic E-state index is 13.2. The monoisotopic (exact) mass is 408 g/mol. The molecule has 1 aliphatic rings. The van der Waals surface area contributed by atoms with Crippen LogP contribution in [-0.2, 0) is 6.54 Å². The Hall–Kier alpha value is -2.99. The lowest BCUT2D eigenvalue weighted by Gasteiger charge is -2.27. The van der Waals surface area contributed by atoms with Crippen LogP contribution in [0.4, 0.5) is 10.2 Å². The van der Waals surface area contributed by atoms with Crippen LogP contribution in [0.2, 0.25) is 0 Å². The zero-order valence-corrected chi connectivity index (χ0v) is 17.6. The molecule has 0 bridgehead atoms. The van der Waals surface area contributed by atoms with E-state index in [2.05, 4.69) is 20.5 Å². The van der Waals surface area contributed by atoms with E-state index in [9.17, 15) is 9.18 Å². The average molecular weight is 409 g/mol. The molecule has 30 heavy (non-hydrogen) atoms. The number of aryl methyl sites for hydroxylation is 1. The largest absolute Gasteiger partial charge is 0.344 e. The Morgan fingerprint density at radius 3 is 2.50 bits per heavy atom. The first-order chi connectivity index (χ1) is 14.5. The molecule has 4 rings (SSSR count). The van der Waals surface area contributed by atoms with Gasteiger partial charge in [0.1, 0.15) is 38.5 Å². The molecule has 0 unspecified atom stereocenters. The molecule has 1 aliphatic heterocycles. The number of aromatic amines is 1. The molecule has 1 fully saturated rings. The zero-order chi connectivity index (χ0) is 21.1. The van der Waals surface area contributed by atoms with Crippen molar-refractivity contribution in [2.45, 2.75) is 20.4 Å². The minimum Gasteiger partial charge on any atom is -0.344 e. The minimum absolute atomic E-state index is 0.197. The quantitative estimate of drug-likeness (QED) is 0.631. The van der Waals surface area contributed by atoms with Crippen molar-refractivity contribution >= 4 is 11.6 Å². The van der Waals surface area contributed by atoms with Crippen LogP contribution in [0.15, 0.2) is 54.7 Å². The van der Waals surface area contributed by atoms with E-state index in [1.807, 2.05) is 38.2 Å². The molecule has 3 heterocycles. The number of halogens is 1. The lowest BCUT2D eigenvalue weighted by atomic mass is 10.1. The third kappa shape index (κ3) is 4.44. The number of H-pyrrole nitrogens is 1. The number of Topliss-reactive ketones (excluding diaryl/α,β-unsaturated/α-hetero) is 1. The first kappa shape index (κ1) is 20.3. The van der Waals surface area contributed by atoms with Gasteiger partial charge in [-0.25, -0.2) is 9.37 Å². The molecular formula is C24H29FN4O+2. The van der Waals surface area contributed by atoms with Gasteiger partial charge in [0.25, 0.3) is 5.82 Å². The standard InChI is InChI=1S/C24H27FN4O/c1-18-15-22(19(2)29(18)16-20-6-8-21(25)9-7-20)23(30)17-27-11-13-28(14-12-27)24-5-3-4-10-26-24/h3-10,15H,11-14,16-17H2,1-2H3/p+2. The second kappa shape index (κ2) is 8.79. The number of nitrogens with zero attached hydrogens (tertiary/aromatic N) is 2. The molecule has 2 N–H and O–H groups in total. The molecule has 3 aromatic rings. The van der Waals surface area contributed by atoms with Crippen molar-refractivity contribution in [3.63, 3.8) is 0 Å². The second-order valence-corrected chi connectivity index (χ2v) is 8.08. The van der Waals surface area contributed by atoms with Crippen LogP contribution in [0, 0.1) is 19.7 Å². The third-order valence-corrected chi connectivity index (χ3v) is 6.04. The second-order valence-electron chi connectivity index (χ2n) is 8.08. The fraction of sp³-hybridized carbons (Fsp3) is 0.333. The SMILES string of the molecule is Cc1cc(C(=O)C[NH+]2CCN(c3cccc[nH+]3)CC2)c(C)n1Cc1ccc(F)cc1. The highest BCUT2D eigenvalue weighted by Gasteiger charge is 2.28. The fourth-order valence-corrected chi connectivity index (χ4v) is 4.24. The predicted molar refractivity (Wildman–Crippen MR) is 115 cm³/mol. The van der Waals surface area contributed by atoms with Gasteiger partial charge >= 0.3 is 0 Å². The number of pyridine rings is 1. The van der Waals surface area contributed by atoms with Gasteiger partial charge in [0.2, 0.25) is 5.78 Å². The number of hydrogen-bond acceptors (Lipinski definition) is 2. The summed E-state index contributed by atoms with van der Waals surface area (Å²) < 4.78 is 15.3. The Morgan fingerprint density at radius 1 is 1.10 bits per heavy atom. The van der Waals surface area contributed by atoms with Gasteiger partial charge in [0, 0.05) is 29.6 Å². The van der Waals surface area contributed by atoms with Crippen LogP contribution in [0.1, 0.15) is 27.3 Å². The normalized spacial score (nSPS) is 14.8. The van der Waals surface area contributed by atoms with E-state index in [0.717, 1.165) is 54.5 Å². The molecule has 0 aliphatic carbocycles. The first-order valence-electron chi connectivity index (χ1n) is 10.5. The lowest BCUT2D eigenvalue weighted by Crippen LogP contribution is -3.15. The minimum atomic E-state index is -0.233. The topological polar surface area (TPSA) is 43.8 Å². The maximum Gasteiger partial charge on any atom is 0.274 e. The number of anilines is 1. The molecule has 2 aromatic heterocycles. The summed E-state index contributed by atoms with van der Waals surface area (Å²) in [5.74, 6) is 1.10. The summed E-state index contributed by atoms with van der Waals surface area (Å²) in [4.78, 5) is 20.0. The molecule has 6 heteroatoms. The highest BCUT2D eigenvalue weighted by atomic mass is 19.1. The van der Waals surface area contributed by atoms with Crippen molar-refractivity contribution in [3.05, 3.63) is 83.1 Å². The van der Waals surface area contributed by atoms with Crippen molar-refractivity contribution < 1.29 is 19.1 Å². The number of carbonyl (C=O) groups is 1. The van der Waals surface area contributed by atoms with Crippen LogP contribution in [-0.4, -0.2) is 43.1 Å². The lowest BCUT2D eigenvalue weighted by molar-refractivity contribution is -0.892. The number of ketones is 1. The van der Waals surface area contributed by atoms with Gasteiger partial charge in [-0.2, -0.15) is 0 Å². The van der Waals surface area contributed by atoms with Gasteiger partial charge in [-0.1, -0.05) is 18.2 Å². The molecule has 156 valence electrons. The highest BCUT2D eigenvalue weighted by molar-refractivity contribution is 5.98. The number of rotatable bonds is 6. The van der Waals surface area contributed by atoms with Gasteiger partial charge in [-0.3, -0.25) is 9.69 Å². The fourth-order valence-electron chi connectivity index (χ4n) is 4.24. The molecule has 1 saturated heterocycles. The number of nitrogens with one attached hydrogen (secondary N) is 2. The van der Waals surface area contributed by atoms with Crippen molar-refractivity contribution in [3.8, 4) is 0 Å². The third-order valence-electron chi connectivity index (χ3n) is 6.04. The van der Waals surface area contributed by atoms with E-state index in [-0.39, 0.29) is 11.6 Å². The number of quaternary nitrogens is 1. The highest BCUT2D eigenvalue weighted by Crippen LogP contribution is 2.18. The molecule has 5 nitrogen and oxygen atoms in total. The Morgan fingerprint density at radius 2 is 1.83 bits per heavy atom. The number of benzene rings is 1. The number of aromatic nitrogens is 2. The van der Waals surface area contributed by atoms with Crippen molar-refractivity contribution in [2.24, 2.45) is 0 Å². The molecule has 0 amide bonds. The van der Waals surface area contributed by atoms with Gasteiger partial charge in [0.15, 0.2) is 0 Å². The molecular weight excluding hydrogens is 379 g/mol. The average Bonchev–Trinajstić information content (AvgIpc) is 3.05. The number of piperazine rings is 1. The van der Waals surface area contributed by atoms with E-state index < -0.39 is 0 Å². The van der Waals surface area contributed by atoms with Gasteiger partial charge in [0.05, 0.1) is 6.20 Å². The Labute approximate surface area is 176 Å². The van der Waals surface area contributed by atoms with Crippen LogP contribution < -0.4 is 14.8 Å². The van der Waals surface area contributed by atoms with Gasteiger partial charge in [-0.05, 0) is 43.7 Å². The first-order valence-corrected chi connectivity index (χ1v) is 10.5. The van der Waals surface area contributed by atoms with E-state index >= 15 is 0 Å². The Bertz CT molecular complexity index is 1010. The van der Waals surface area contributed by atoms with Crippen molar-refractivity contribution in [2.75, 3.05) is 37.6 Å². The van der Waals surface area contributed by atoms with Crippen LogP contribution in [0.25, 0.3) is 0 Å². The maximum absolute atomic E-state index is 13.2. The van der Waals surface area contributed by atoms with Crippen LogP contribution in [0.5, 0.6) is 0 Å². The number of carbonyl (C=O) groups excluding carboxylic acids is 1. The Balaban J connectivity index is 1.39. The van der Waals surface area contributed by atoms with Crippen LogP contribution in [0.3, 0.4) is 0 Å². The van der Waals surface area contributed by atoms with Gasteiger partial charge in [-0.15, -0.1) is 0 Å². The Kier molecular flexibility index (Phi) is 5.95. The summed E-state index contributed by atoms with van der Waals surface area (Å²) in [6.07, 6.45) is 1.94. The summed E-state index contributed by atoms with van der Waals surface area (Å²) in [6, 6.07) is 14.7.